The SMILES string of the molecule is N#Cc1ncc(S(=O)(=O)Cl)c(C(F)F)c1Cl. The highest BCUT2D eigenvalue weighted by Crippen LogP contribution is 2.35. The molecule has 0 atom stereocenters. The Bertz CT molecular complexity index is 568. The van der Waals surface area contributed by atoms with Crippen LogP contribution in [0.15, 0.2) is 11.1 Å². The lowest BCUT2D eigenvalue weighted by Crippen LogP contribution is -2.03. The van der Waals surface area contributed by atoms with E-state index < -0.39 is 36.7 Å². The van der Waals surface area contributed by atoms with E-state index in [1.54, 1.807) is 0 Å². The van der Waals surface area contributed by atoms with Crippen molar-refractivity contribution in [1.29, 1.82) is 5.26 Å². The molecule has 1 rings (SSSR count). The van der Waals surface area contributed by atoms with Crippen molar-refractivity contribution in [1.82, 2.24) is 4.98 Å². The molecule has 0 aliphatic rings. The van der Waals surface area contributed by atoms with Gasteiger partial charge in [-0.2, -0.15) is 5.26 Å². The largest absolute Gasteiger partial charge is 0.266 e. The first kappa shape index (κ1) is 13.1. The molecular formula is C7H2Cl2F2N2O2S. The van der Waals surface area contributed by atoms with Crippen LogP contribution in [-0.2, 0) is 9.05 Å². The zero-order valence-electron chi connectivity index (χ0n) is 7.29. The van der Waals surface area contributed by atoms with Gasteiger partial charge in [0.15, 0.2) is 5.69 Å². The van der Waals surface area contributed by atoms with Crippen LogP contribution < -0.4 is 0 Å². The van der Waals surface area contributed by atoms with E-state index in [-0.39, 0.29) is 0 Å². The molecule has 1 aromatic rings. The quantitative estimate of drug-likeness (QED) is 0.783. The Balaban J connectivity index is 3.69. The predicted octanol–water partition coefficient (Wildman–Crippen LogP) is 2.47. The summed E-state index contributed by atoms with van der Waals surface area (Å²) in [5.74, 6) is 0. The van der Waals surface area contributed by atoms with Crippen LogP contribution in [0.3, 0.4) is 0 Å². The highest BCUT2D eigenvalue weighted by molar-refractivity contribution is 8.13. The maximum atomic E-state index is 12.6. The molecule has 1 heterocycles. The van der Waals surface area contributed by atoms with Crippen LogP contribution in [0, 0.1) is 11.3 Å². The summed E-state index contributed by atoms with van der Waals surface area (Å²) in [7, 11) is 0.543. The van der Waals surface area contributed by atoms with Gasteiger partial charge in [0.25, 0.3) is 15.5 Å². The van der Waals surface area contributed by atoms with E-state index in [1.165, 1.54) is 6.07 Å². The Morgan fingerprint density at radius 1 is 1.50 bits per heavy atom. The van der Waals surface area contributed by atoms with Gasteiger partial charge in [0.05, 0.1) is 10.6 Å². The summed E-state index contributed by atoms with van der Waals surface area (Å²) < 4.78 is 47.1. The van der Waals surface area contributed by atoms with E-state index >= 15 is 0 Å². The summed E-state index contributed by atoms with van der Waals surface area (Å²) >= 11 is 5.43. The van der Waals surface area contributed by atoms with E-state index in [0.29, 0.717) is 6.20 Å². The number of nitriles is 1. The normalized spacial score (nSPS) is 11.5. The number of hydrogen-bond acceptors (Lipinski definition) is 4. The Morgan fingerprint density at radius 2 is 2.06 bits per heavy atom. The zero-order valence-corrected chi connectivity index (χ0v) is 9.61. The van der Waals surface area contributed by atoms with Crippen LogP contribution in [0.25, 0.3) is 0 Å². The molecule has 1 aromatic heterocycles. The first-order valence-corrected chi connectivity index (χ1v) is 6.29. The van der Waals surface area contributed by atoms with Gasteiger partial charge in [-0.25, -0.2) is 22.2 Å². The molecule has 86 valence electrons. The lowest BCUT2D eigenvalue weighted by Gasteiger charge is -2.08. The smallest absolute Gasteiger partial charge is 0.243 e. The van der Waals surface area contributed by atoms with E-state index in [4.69, 9.17) is 27.5 Å². The summed E-state index contributed by atoms with van der Waals surface area (Å²) in [6.45, 7) is 0. The number of alkyl halides is 2. The molecule has 0 aliphatic carbocycles. The van der Waals surface area contributed by atoms with Crippen molar-refractivity contribution in [3.63, 3.8) is 0 Å². The van der Waals surface area contributed by atoms with Gasteiger partial charge in [-0.05, 0) is 0 Å². The minimum atomic E-state index is -4.39. The second-order valence-corrected chi connectivity index (χ2v) is 5.46. The summed E-state index contributed by atoms with van der Waals surface area (Å²) in [5.41, 5.74) is -1.50. The fourth-order valence-electron chi connectivity index (χ4n) is 0.961. The van der Waals surface area contributed by atoms with E-state index in [9.17, 15) is 17.2 Å². The van der Waals surface area contributed by atoms with Crippen LogP contribution >= 0.6 is 22.3 Å². The number of nitrogens with zero attached hydrogens (tertiary/aromatic N) is 2. The van der Waals surface area contributed by atoms with Crippen LogP contribution in [0.4, 0.5) is 8.78 Å². The summed E-state index contributed by atoms with van der Waals surface area (Å²) in [5, 5.41) is 7.79. The van der Waals surface area contributed by atoms with Gasteiger partial charge in [0.1, 0.15) is 11.0 Å². The van der Waals surface area contributed by atoms with Crippen molar-refractivity contribution < 1.29 is 17.2 Å². The van der Waals surface area contributed by atoms with Crippen molar-refractivity contribution in [2.45, 2.75) is 11.3 Å². The third-order valence-electron chi connectivity index (χ3n) is 1.61. The van der Waals surface area contributed by atoms with Crippen LogP contribution in [-0.4, -0.2) is 13.4 Å². The van der Waals surface area contributed by atoms with Crippen molar-refractivity contribution >= 4 is 31.3 Å². The van der Waals surface area contributed by atoms with Gasteiger partial charge in [0, 0.05) is 16.9 Å². The topological polar surface area (TPSA) is 70.8 Å². The van der Waals surface area contributed by atoms with Crippen LogP contribution in [0.5, 0.6) is 0 Å². The van der Waals surface area contributed by atoms with Crippen molar-refractivity contribution in [2.75, 3.05) is 0 Å². The second-order valence-electron chi connectivity index (χ2n) is 2.55. The van der Waals surface area contributed by atoms with Crippen LogP contribution in [0.2, 0.25) is 5.02 Å². The van der Waals surface area contributed by atoms with Crippen molar-refractivity contribution in [2.24, 2.45) is 0 Å². The van der Waals surface area contributed by atoms with E-state index in [0.717, 1.165) is 0 Å². The summed E-state index contributed by atoms with van der Waals surface area (Å²) in [6.07, 6.45) is -2.60. The predicted molar refractivity (Wildman–Crippen MR) is 52.0 cm³/mol. The molecule has 0 aliphatic heterocycles. The van der Waals surface area contributed by atoms with Gasteiger partial charge in [-0.15, -0.1) is 0 Å². The molecule has 0 radical (unpaired) electrons. The highest BCUT2D eigenvalue weighted by Gasteiger charge is 2.27. The first-order valence-electron chi connectivity index (χ1n) is 3.60. The van der Waals surface area contributed by atoms with E-state index in [2.05, 4.69) is 4.98 Å². The molecule has 0 unspecified atom stereocenters. The van der Waals surface area contributed by atoms with Gasteiger partial charge >= 0.3 is 0 Å². The number of aromatic nitrogens is 1. The molecule has 0 spiro atoms. The lowest BCUT2D eigenvalue weighted by atomic mass is 10.2. The maximum Gasteiger partial charge on any atom is 0.266 e. The van der Waals surface area contributed by atoms with E-state index in [1.807, 2.05) is 0 Å². The fourth-order valence-corrected chi connectivity index (χ4v) is 2.29. The molecule has 0 saturated carbocycles. The summed E-state index contributed by atoms with van der Waals surface area (Å²) in [4.78, 5) is 2.42. The van der Waals surface area contributed by atoms with Crippen LogP contribution in [0.1, 0.15) is 17.7 Å². The highest BCUT2D eigenvalue weighted by atomic mass is 35.7. The minimum Gasteiger partial charge on any atom is -0.243 e. The lowest BCUT2D eigenvalue weighted by molar-refractivity contribution is 0.148. The van der Waals surface area contributed by atoms with Gasteiger partial charge in [0.2, 0.25) is 0 Å². The first-order chi connectivity index (χ1) is 7.29. The molecule has 0 saturated heterocycles. The van der Waals surface area contributed by atoms with Gasteiger partial charge in [-0.3, -0.25) is 0 Å². The Labute approximate surface area is 98.8 Å². The summed E-state index contributed by atoms with van der Waals surface area (Å²) in [6, 6.07) is 1.45. The molecule has 0 N–H and O–H groups in total. The van der Waals surface area contributed by atoms with Crippen molar-refractivity contribution in [3.8, 4) is 6.07 Å². The third kappa shape index (κ3) is 2.40. The number of halogens is 4. The Hall–Kier alpha value is -0.970. The van der Waals surface area contributed by atoms with Crippen molar-refractivity contribution in [3.05, 3.63) is 22.5 Å². The Morgan fingerprint density at radius 3 is 2.44 bits per heavy atom. The second kappa shape index (κ2) is 4.49. The number of pyridine rings is 1. The van der Waals surface area contributed by atoms with Gasteiger partial charge < -0.3 is 0 Å². The molecule has 16 heavy (non-hydrogen) atoms. The monoisotopic (exact) mass is 286 g/mol. The molecule has 9 heteroatoms. The Kier molecular flexibility index (Phi) is 3.68. The van der Waals surface area contributed by atoms with Gasteiger partial charge in [-0.1, -0.05) is 11.6 Å². The molecule has 4 nitrogen and oxygen atoms in total. The minimum absolute atomic E-state index is 0.485. The molecule has 0 amide bonds. The molecule has 0 bridgehead atoms. The average molecular weight is 287 g/mol. The molecular weight excluding hydrogens is 285 g/mol. The molecule has 0 fully saturated rings. The average Bonchev–Trinajstić information content (AvgIpc) is 2.15. The maximum absolute atomic E-state index is 12.6. The zero-order chi connectivity index (χ0) is 12.5. The fraction of sp³-hybridized carbons (Fsp3) is 0.143. The number of rotatable bonds is 2. The number of hydrogen-bond donors (Lipinski definition) is 0. The standard InChI is InChI=1S/C7H2Cl2F2N2O2S/c8-6-3(1-12)13-2-4(16(9,14)15)5(6)7(10)11/h2,7H. The third-order valence-corrected chi connectivity index (χ3v) is 3.34. The molecule has 0 aromatic carbocycles.